The van der Waals surface area contributed by atoms with Crippen LogP contribution >= 0.6 is 11.6 Å². The number of carbonyl (C=O) groups excluding carboxylic acids is 1. The van der Waals surface area contributed by atoms with Crippen molar-refractivity contribution in [3.8, 4) is 5.75 Å². The van der Waals surface area contributed by atoms with Crippen LogP contribution < -0.4 is 4.74 Å². The van der Waals surface area contributed by atoms with E-state index in [0.29, 0.717) is 22.7 Å². The minimum absolute atomic E-state index is 0.186. The normalized spacial score (nSPS) is 13.4. The number of alkyl halides is 3. The maximum absolute atomic E-state index is 12.8. The van der Waals surface area contributed by atoms with Crippen molar-refractivity contribution < 1.29 is 22.7 Å². The summed E-state index contributed by atoms with van der Waals surface area (Å²) >= 11 is 6.42. The molecule has 4 rings (SSSR count). The lowest BCUT2D eigenvalue weighted by atomic mass is 10.0. The lowest BCUT2D eigenvalue weighted by Crippen LogP contribution is -2.23. The summed E-state index contributed by atoms with van der Waals surface area (Å²) in [6.07, 6.45) is 0.401. The molecule has 0 atom stereocenters. The highest BCUT2D eigenvalue weighted by molar-refractivity contribution is 6.34. The van der Waals surface area contributed by atoms with Gasteiger partial charge in [-0.2, -0.15) is 0 Å². The number of nitrogens with zero attached hydrogens (tertiary/aromatic N) is 2. The van der Waals surface area contributed by atoms with Crippen molar-refractivity contribution in [2.24, 2.45) is 0 Å². The maximum atomic E-state index is 12.8. The molecule has 0 saturated carbocycles. The van der Waals surface area contributed by atoms with Crippen molar-refractivity contribution in [2.45, 2.75) is 32.3 Å². The van der Waals surface area contributed by atoms with Gasteiger partial charge in [-0.3, -0.25) is 9.78 Å². The van der Waals surface area contributed by atoms with E-state index in [2.05, 4.69) is 9.72 Å². The number of rotatable bonds is 6. The number of aromatic nitrogens is 1. The summed E-state index contributed by atoms with van der Waals surface area (Å²) in [5.74, 6) is -0.483. The lowest BCUT2D eigenvalue weighted by molar-refractivity contribution is -0.274. The molecule has 0 radical (unpaired) electrons. The fourth-order valence-corrected chi connectivity index (χ4v) is 3.99. The monoisotopic (exact) mass is 446 g/mol. The molecule has 0 fully saturated rings. The second kappa shape index (κ2) is 8.59. The van der Waals surface area contributed by atoms with Gasteiger partial charge in [-0.1, -0.05) is 35.9 Å². The summed E-state index contributed by atoms with van der Waals surface area (Å²) in [6, 6.07) is 13.2. The van der Waals surface area contributed by atoms with Crippen LogP contribution in [0.5, 0.6) is 5.75 Å². The van der Waals surface area contributed by atoms with Crippen molar-refractivity contribution in [3.05, 3.63) is 93.8 Å². The Morgan fingerprint density at radius 3 is 2.45 bits per heavy atom. The van der Waals surface area contributed by atoms with E-state index in [-0.39, 0.29) is 18.2 Å². The second-order valence-electron chi connectivity index (χ2n) is 7.33. The van der Waals surface area contributed by atoms with Crippen molar-refractivity contribution in [3.63, 3.8) is 0 Å². The zero-order valence-corrected chi connectivity index (χ0v) is 17.1. The number of aryl methyl sites for hydroxylation is 2. The molecule has 0 N–H and O–H groups in total. The first kappa shape index (κ1) is 21.2. The summed E-state index contributed by atoms with van der Waals surface area (Å²) < 4.78 is 40.8. The molecule has 0 spiro atoms. The highest BCUT2D eigenvalue weighted by atomic mass is 35.5. The first-order valence-corrected chi connectivity index (χ1v) is 10.0. The molecular weight excluding hydrogens is 429 g/mol. The third kappa shape index (κ3) is 5.17. The van der Waals surface area contributed by atoms with Crippen molar-refractivity contribution in [1.82, 2.24) is 9.88 Å². The van der Waals surface area contributed by atoms with Gasteiger partial charge < -0.3 is 9.64 Å². The first-order chi connectivity index (χ1) is 14.8. The number of fused-ring (bicyclic) bond motifs is 1. The molecule has 8 heteroatoms. The lowest BCUT2D eigenvalue weighted by Gasteiger charge is -2.16. The van der Waals surface area contributed by atoms with Crippen LogP contribution in [0, 0.1) is 0 Å². The zero-order chi connectivity index (χ0) is 22.0. The number of carbonyl (C=O) groups is 1. The number of halogens is 4. The minimum atomic E-state index is -4.74. The van der Waals surface area contributed by atoms with Crippen LogP contribution in [-0.2, 0) is 25.9 Å². The Balaban J connectivity index is 1.44. The van der Waals surface area contributed by atoms with Crippen molar-refractivity contribution >= 4 is 17.5 Å². The topological polar surface area (TPSA) is 42.4 Å². The SMILES string of the molecule is O=C1c2c(Cl)cc(CCc3cccnc3)cc2CN1Cc1ccc(OC(F)(F)F)cc1. The molecule has 4 nitrogen and oxygen atoms in total. The summed E-state index contributed by atoms with van der Waals surface area (Å²) in [6.45, 7) is 0.663. The van der Waals surface area contributed by atoms with Crippen LogP contribution in [-0.4, -0.2) is 22.2 Å². The van der Waals surface area contributed by atoms with E-state index in [4.69, 9.17) is 11.6 Å². The Bertz CT molecular complexity index is 1090. The van der Waals surface area contributed by atoms with E-state index in [1.165, 1.54) is 24.3 Å². The van der Waals surface area contributed by atoms with Crippen LogP contribution in [0.1, 0.15) is 32.6 Å². The quantitative estimate of drug-likeness (QED) is 0.497. The molecule has 0 bridgehead atoms. The van der Waals surface area contributed by atoms with Crippen molar-refractivity contribution in [1.29, 1.82) is 0 Å². The van der Waals surface area contributed by atoms with E-state index < -0.39 is 6.36 Å². The van der Waals surface area contributed by atoms with Crippen LogP contribution in [0.25, 0.3) is 0 Å². The standard InChI is InChI=1S/C23H18ClF3N2O2/c24-20-11-17(4-3-15-2-1-9-28-12-15)10-18-14-29(22(30)21(18)20)13-16-5-7-19(8-6-16)31-23(25,26)27/h1-2,5-12H,3-4,13-14H2. The van der Waals surface area contributed by atoms with Gasteiger partial charge in [-0.25, -0.2) is 0 Å². The van der Waals surface area contributed by atoms with E-state index in [1.54, 1.807) is 11.1 Å². The number of hydrogen-bond acceptors (Lipinski definition) is 3. The largest absolute Gasteiger partial charge is 0.573 e. The highest BCUT2D eigenvalue weighted by Crippen LogP contribution is 2.32. The molecule has 2 aromatic carbocycles. The van der Waals surface area contributed by atoms with E-state index in [0.717, 1.165) is 29.5 Å². The molecule has 1 amide bonds. The summed E-state index contributed by atoms with van der Waals surface area (Å²) in [4.78, 5) is 18.6. The molecule has 1 aromatic heterocycles. The Kier molecular flexibility index (Phi) is 5.87. The van der Waals surface area contributed by atoms with Crippen LogP contribution in [0.15, 0.2) is 60.9 Å². The maximum Gasteiger partial charge on any atom is 0.573 e. The predicted octanol–water partition coefficient (Wildman–Crippen LogP) is 5.57. The van der Waals surface area contributed by atoms with Gasteiger partial charge >= 0.3 is 6.36 Å². The fraction of sp³-hybridized carbons (Fsp3) is 0.217. The van der Waals surface area contributed by atoms with Gasteiger partial charge in [0.05, 0.1) is 10.6 Å². The highest BCUT2D eigenvalue weighted by Gasteiger charge is 2.32. The smallest absolute Gasteiger partial charge is 0.406 e. The van der Waals surface area contributed by atoms with Crippen LogP contribution in [0.4, 0.5) is 13.2 Å². The molecule has 2 heterocycles. The molecular formula is C23H18ClF3N2O2. The molecule has 0 saturated heterocycles. The fourth-order valence-electron chi connectivity index (χ4n) is 3.65. The van der Waals surface area contributed by atoms with Gasteiger partial charge in [-0.15, -0.1) is 13.2 Å². The Morgan fingerprint density at radius 1 is 1.03 bits per heavy atom. The molecule has 1 aliphatic rings. The minimum Gasteiger partial charge on any atom is -0.406 e. The van der Waals surface area contributed by atoms with Gasteiger partial charge in [-0.05, 0) is 59.4 Å². The average Bonchev–Trinajstić information content (AvgIpc) is 3.03. The Morgan fingerprint density at radius 2 is 1.77 bits per heavy atom. The number of ether oxygens (including phenoxy) is 1. The van der Waals surface area contributed by atoms with E-state index >= 15 is 0 Å². The van der Waals surface area contributed by atoms with Gasteiger partial charge in [0, 0.05) is 25.5 Å². The van der Waals surface area contributed by atoms with E-state index in [9.17, 15) is 18.0 Å². The molecule has 0 aliphatic carbocycles. The third-order valence-electron chi connectivity index (χ3n) is 5.05. The number of amides is 1. The zero-order valence-electron chi connectivity index (χ0n) is 16.3. The summed E-state index contributed by atoms with van der Waals surface area (Å²) in [5.41, 5.74) is 4.20. The predicted molar refractivity (Wildman–Crippen MR) is 110 cm³/mol. The van der Waals surface area contributed by atoms with Crippen molar-refractivity contribution in [2.75, 3.05) is 0 Å². The van der Waals surface area contributed by atoms with E-state index in [1.807, 2.05) is 30.5 Å². The van der Waals surface area contributed by atoms with Gasteiger partial charge in [0.2, 0.25) is 0 Å². The van der Waals surface area contributed by atoms with Crippen LogP contribution in [0.3, 0.4) is 0 Å². The summed E-state index contributed by atoms with van der Waals surface area (Å²) in [5, 5.41) is 0.417. The van der Waals surface area contributed by atoms with Gasteiger partial charge in [0.1, 0.15) is 5.75 Å². The van der Waals surface area contributed by atoms with Gasteiger partial charge in [0.15, 0.2) is 0 Å². The molecule has 160 valence electrons. The molecule has 3 aromatic rings. The Labute approximate surface area is 182 Å². The molecule has 0 unspecified atom stereocenters. The van der Waals surface area contributed by atoms with Crippen LogP contribution in [0.2, 0.25) is 5.02 Å². The third-order valence-corrected chi connectivity index (χ3v) is 5.35. The summed E-state index contributed by atoms with van der Waals surface area (Å²) in [7, 11) is 0. The average molecular weight is 447 g/mol. The first-order valence-electron chi connectivity index (χ1n) is 9.63. The number of pyridine rings is 1. The Hall–Kier alpha value is -3.06. The van der Waals surface area contributed by atoms with Gasteiger partial charge in [0.25, 0.3) is 5.91 Å². The molecule has 1 aliphatic heterocycles. The number of hydrogen-bond donors (Lipinski definition) is 0. The molecule has 31 heavy (non-hydrogen) atoms. The number of benzene rings is 2. The second-order valence-corrected chi connectivity index (χ2v) is 7.73.